The molecule has 1 saturated heterocycles. The van der Waals surface area contributed by atoms with Gasteiger partial charge in [-0.25, -0.2) is 0 Å². The second-order valence-corrected chi connectivity index (χ2v) is 5.71. The highest BCUT2D eigenvalue weighted by Gasteiger charge is 2.33. The van der Waals surface area contributed by atoms with Crippen LogP contribution in [0, 0.1) is 0 Å². The van der Waals surface area contributed by atoms with Crippen LogP contribution >= 0.6 is 11.6 Å². The number of piperidine rings is 1. The van der Waals surface area contributed by atoms with Gasteiger partial charge in [-0.1, -0.05) is 29.8 Å². The number of rotatable bonds is 2. The van der Waals surface area contributed by atoms with Gasteiger partial charge in [0.1, 0.15) is 5.78 Å². The number of Topliss-reactive ketones (excluding diaryl/α,β-unsaturated/α-hetero) is 1. The molecule has 0 unspecified atom stereocenters. The first-order chi connectivity index (χ1) is 7.99. The highest BCUT2D eigenvalue weighted by molar-refractivity contribution is 6.31. The molecule has 0 N–H and O–H groups in total. The summed E-state index contributed by atoms with van der Waals surface area (Å²) in [5.74, 6) is 0.330. The van der Waals surface area contributed by atoms with Crippen LogP contribution in [0.15, 0.2) is 24.3 Å². The Morgan fingerprint density at radius 2 is 2.06 bits per heavy atom. The zero-order chi connectivity index (χ0) is 12.5. The van der Waals surface area contributed by atoms with Gasteiger partial charge in [0.15, 0.2) is 0 Å². The molecule has 2 nitrogen and oxygen atoms in total. The van der Waals surface area contributed by atoms with Crippen LogP contribution in [0.4, 0.5) is 0 Å². The maximum Gasteiger partial charge on any atom is 0.146 e. The molecule has 1 fully saturated rings. The summed E-state index contributed by atoms with van der Waals surface area (Å²) in [6, 6.07) is 7.84. The Hall–Kier alpha value is -0.860. The molecule has 1 aliphatic heterocycles. The summed E-state index contributed by atoms with van der Waals surface area (Å²) in [5.41, 5.74) is 1.17. The quantitative estimate of drug-likeness (QED) is 0.804. The van der Waals surface area contributed by atoms with Gasteiger partial charge >= 0.3 is 0 Å². The maximum atomic E-state index is 11.6. The van der Waals surface area contributed by atoms with Crippen LogP contribution in [0.25, 0.3) is 0 Å². The second-order valence-electron chi connectivity index (χ2n) is 5.30. The van der Waals surface area contributed by atoms with Gasteiger partial charge in [0, 0.05) is 23.5 Å². The van der Waals surface area contributed by atoms with E-state index in [0.29, 0.717) is 18.7 Å². The molecule has 1 aliphatic rings. The fourth-order valence-electron chi connectivity index (χ4n) is 2.21. The normalized spacial score (nSPS) is 20.5. The van der Waals surface area contributed by atoms with E-state index in [0.717, 1.165) is 23.6 Å². The zero-order valence-corrected chi connectivity index (χ0v) is 11.1. The van der Waals surface area contributed by atoms with Crippen molar-refractivity contribution in [2.24, 2.45) is 0 Å². The van der Waals surface area contributed by atoms with Crippen molar-refractivity contribution in [1.29, 1.82) is 0 Å². The van der Waals surface area contributed by atoms with E-state index >= 15 is 0 Å². The van der Waals surface area contributed by atoms with Crippen molar-refractivity contribution in [3.05, 3.63) is 34.9 Å². The average Bonchev–Trinajstić information content (AvgIpc) is 2.27. The summed E-state index contributed by atoms with van der Waals surface area (Å²) in [5, 5.41) is 0.779. The van der Waals surface area contributed by atoms with E-state index in [-0.39, 0.29) is 5.54 Å². The lowest BCUT2D eigenvalue weighted by Crippen LogP contribution is -2.50. The Bertz CT molecular complexity index is 428. The number of ketones is 1. The molecule has 1 aromatic carbocycles. The highest BCUT2D eigenvalue weighted by Crippen LogP contribution is 2.28. The molecule has 0 atom stereocenters. The predicted octanol–water partition coefficient (Wildman–Crippen LogP) is 3.28. The number of hydrogen-bond acceptors (Lipinski definition) is 2. The lowest BCUT2D eigenvalue weighted by Gasteiger charge is -2.41. The molecule has 3 heteroatoms. The Morgan fingerprint density at radius 3 is 2.76 bits per heavy atom. The van der Waals surface area contributed by atoms with Crippen molar-refractivity contribution in [2.45, 2.75) is 38.8 Å². The van der Waals surface area contributed by atoms with E-state index in [1.165, 1.54) is 0 Å². The molecule has 92 valence electrons. The van der Waals surface area contributed by atoms with E-state index in [1.54, 1.807) is 0 Å². The minimum Gasteiger partial charge on any atom is -0.298 e. The molecule has 0 radical (unpaired) electrons. The number of carbonyl (C=O) groups excluding carboxylic acids is 1. The van der Waals surface area contributed by atoms with E-state index in [2.05, 4.69) is 18.7 Å². The highest BCUT2D eigenvalue weighted by atomic mass is 35.5. The molecule has 0 amide bonds. The minimum atomic E-state index is 0.0765. The third-order valence-electron chi connectivity index (χ3n) is 3.56. The molecule has 0 aliphatic carbocycles. The van der Waals surface area contributed by atoms with E-state index in [1.807, 2.05) is 24.3 Å². The summed E-state index contributed by atoms with van der Waals surface area (Å²) in [6.07, 6.45) is 1.63. The maximum absolute atomic E-state index is 11.6. The summed E-state index contributed by atoms with van der Waals surface area (Å²) in [7, 11) is 0. The summed E-state index contributed by atoms with van der Waals surface area (Å²) >= 11 is 6.16. The number of hydrogen-bond donors (Lipinski definition) is 0. The first-order valence-corrected chi connectivity index (χ1v) is 6.37. The fraction of sp³-hybridized carbons (Fsp3) is 0.500. The standard InChI is InChI=1S/C14H18ClNO/c1-14(2)8-7-12(17)10-16(14)9-11-5-3-4-6-13(11)15/h3-6H,7-10H2,1-2H3. The van der Waals surface area contributed by atoms with Crippen molar-refractivity contribution < 1.29 is 4.79 Å². The zero-order valence-electron chi connectivity index (χ0n) is 10.4. The van der Waals surface area contributed by atoms with Crippen LogP contribution in [0.3, 0.4) is 0 Å². The number of nitrogens with zero attached hydrogens (tertiary/aromatic N) is 1. The van der Waals surface area contributed by atoms with E-state index in [9.17, 15) is 4.79 Å². The van der Waals surface area contributed by atoms with Crippen molar-refractivity contribution in [1.82, 2.24) is 4.90 Å². The largest absolute Gasteiger partial charge is 0.298 e. The van der Waals surface area contributed by atoms with Gasteiger partial charge in [-0.3, -0.25) is 9.69 Å². The fourth-order valence-corrected chi connectivity index (χ4v) is 2.41. The molecular weight excluding hydrogens is 234 g/mol. The summed E-state index contributed by atoms with van der Waals surface area (Å²) in [6.45, 7) is 5.67. The number of benzene rings is 1. The number of likely N-dealkylation sites (tertiary alicyclic amines) is 1. The van der Waals surface area contributed by atoms with Gasteiger partial charge in [0.2, 0.25) is 0 Å². The molecule has 0 saturated carbocycles. The van der Waals surface area contributed by atoms with Crippen LogP contribution in [0.5, 0.6) is 0 Å². The lowest BCUT2D eigenvalue weighted by atomic mass is 9.89. The van der Waals surface area contributed by atoms with Crippen molar-refractivity contribution >= 4 is 17.4 Å². The Labute approximate surface area is 108 Å². The molecular formula is C14H18ClNO. The Kier molecular flexibility index (Phi) is 3.55. The molecule has 1 heterocycles. The van der Waals surface area contributed by atoms with Crippen LogP contribution < -0.4 is 0 Å². The summed E-state index contributed by atoms with van der Waals surface area (Å²) < 4.78 is 0. The topological polar surface area (TPSA) is 20.3 Å². The molecule has 1 aromatic rings. The number of carbonyl (C=O) groups is 1. The van der Waals surface area contributed by atoms with E-state index < -0.39 is 0 Å². The van der Waals surface area contributed by atoms with Crippen LogP contribution in [-0.4, -0.2) is 22.8 Å². The van der Waals surface area contributed by atoms with Crippen molar-refractivity contribution in [2.75, 3.05) is 6.54 Å². The van der Waals surface area contributed by atoms with Crippen LogP contribution in [0.2, 0.25) is 5.02 Å². The van der Waals surface area contributed by atoms with Gasteiger partial charge in [0.05, 0.1) is 6.54 Å². The van der Waals surface area contributed by atoms with Gasteiger partial charge < -0.3 is 0 Å². The molecule has 0 bridgehead atoms. The third-order valence-corrected chi connectivity index (χ3v) is 3.93. The van der Waals surface area contributed by atoms with Gasteiger partial charge in [-0.05, 0) is 31.9 Å². The third kappa shape index (κ3) is 2.88. The Balaban J connectivity index is 2.16. The van der Waals surface area contributed by atoms with Crippen molar-refractivity contribution in [3.63, 3.8) is 0 Å². The van der Waals surface area contributed by atoms with Gasteiger partial charge in [0.25, 0.3) is 0 Å². The molecule has 17 heavy (non-hydrogen) atoms. The smallest absolute Gasteiger partial charge is 0.146 e. The predicted molar refractivity (Wildman–Crippen MR) is 70.2 cm³/mol. The van der Waals surface area contributed by atoms with Crippen LogP contribution in [0.1, 0.15) is 32.3 Å². The van der Waals surface area contributed by atoms with Gasteiger partial charge in [-0.2, -0.15) is 0 Å². The van der Waals surface area contributed by atoms with Crippen LogP contribution in [-0.2, 0) is 11.3 Å². The van der Waals surface area contributed by atoms with Crippen molar-refractivity contribution in [3.8, 4) is 0 Å². The summed E-state index contributed by atoms with van der Waals surface area (Å²) in [4.78, 5) is 13.8. The number of halogens is 1. The molecule has 0 spiro atoms. The van der Waals surface area contributed by atoms with Gasteiger partial charge in [-0.15, -0.1) is 0 Å². The minimum absolute atomic E-state index is 0.0765. The second kappa shape index (κ2) is 4.79. The first kappa shape index (κ1) is 12.6. The average molecular weight is 252 g/mol. The van der Waals surface area contributed by atoms with E-state index in [4.69, 9.17) is 11.6 Å². The lowest BCUT2D eigenvalue weighted by molar-refractivity contribution is -0.126. The SMILES string of the molecule is CC1(C)CCC(=O)CN1Cc1ccccc1Cl. The molecule has 2 rings (SSSR count). The molecule has 0 aromatic heterocycles. The monoisotopic (exact) mass is 251 g/mol. The first-order valence-electron chi connectivity index (χ1n) is 5.99. The Morgan fingerprint density at radius 1 is 1.35 bits per heavy atom.